The van der Waals surface area contributed by atoms with Crippen molar-refractivity contribution in [3.8, 4) is 0 Å². The van der Waals surface area contributed by atoms with Crippen molar-refractivity contribution in [1.29, 1.82) is 0 Å². The van der Waals surface area contributed by atoms with E-state index in [9.17, 15) is 19.8 Å². The van der Waals surface area contributed by atoms with Crippen molar-refractivity contribution in [3.05, 3.63) is 12.2 Å². The van der Waals surface area contributed by atoms with Gasteiger partial charge in [0.15, 0.2) is 0 Å². The number of carbonyl (C=O) groups is 2. The van der Waals surface area contributed by atoms with Gasteiger partial charge in [0.25, 0.3) is 0 Å². The summed E-state index contributed by atoms with van der Waals surface area (Å²) in [6.07, 6.45) is 105. The fourth-order valence-electron chi connectivity index (χ4n) is 14.1. The summed E-state index contributed by atoms with van der Waals surface area (Å²) in [7, 11) is 0. The van der Waals surface area contributed by atoms with Gasteiger partial charge in [0, 0.05) is 12.8 Å². The van der Waals surface area contributed by atoms with Crippen LogP contribution in [0.5, 0.6) is 0 Å². The zero-order chi connectivity index (χ0) is 66.3. The van der Waals surface area contributed by atoms with E-state index in [0.29, 0.717) is 25.9 Å². The van der Waals surface area contributed by atoms with Crippen molar-refractivity contribution in [3.63, 3.8) is 0 Å². The molecule has 0 rings (SSSR count). The molecule has 92 heavy (non-hydrogen) atoms. The minimum Gasteiger partial charge on any atom is -0.466 e. The number of aliphatic hydroxyl groups excluding tert-OH is 2. The molecule has 0 aromatic heterocycles. The first kappa shape index (κ1) is 90.6. The monoisotopic (exact) mass is 1300 g/mol. The van der Waals surface area contributed by atoms with E-state index in [1.165, 1.54) is 430 Å². The van der Waals surface area contributed by atoms with Gasteiger partial charge in [-0.2, -0.15) is 0 Å². The van der Waals surface area contributed by atoms with E-state index in [2.05, 4.69) is 31.3 Å². The summed E-state index contributed by atoms with van der Waals surface area (Å²) in [6, 6.07) is -0.539. The molecule has 0 aliphatic carbocycles. The van der Waals surface area contributed by atoms with Gasteiger partial charge in [-0.25, -0.2) is 0 Å². The van der Waals surface area contributed by atoms with Gasteiger partial charge in [-0.05, 0) is 51.4 Å². The Morgan fingerprint density at radius 1 is 0.293 bits per heavy atom. The van der Waals surface area contributed by atoms with Gasteiger partial charge >= 0.3 is 5.97 Å². The summed E-state index contributed by atoms with van der Waals surface area (Å²) in [5, 5.41) is 23.5. The molecule has 6 heteroatoms. The molecule has 0 aliphatic rings. The molecule has 548 valence electrons. The van der Waals surface area contributed by atoms with Gasteiger partial charge in [-0.1, -0.05) is 450 Å². The molecule has 0 spiro atoms. The zero-order valence-electron chi connectivity index (χ0n) is 63.1. The molecule has 3 N–H and O–H groups in total. The Labute approximate surface area is 578 Å². The van der Waals surface area contributed by atoms with Crippen molar-refractivity contribution < 1.29 is 24.5 Å². The van der Waals surface area contributed by atoms with E-state index in [4.69, 9.17) is 4.74 Å². The van der Waals surface area contributed by atoms with Crippen molar-refractivity contribution >= 4 is 11.9 Å². The normalized spacial score (nSPS) is 12.4. The minimum atomic E-state index is -0.662. The van der Waals surface area contributed by atoms with Crippen LogP contribution in [0.15, 0.2) is 12.2 Å². The van der Waals surface area contributed by atoms with Crippen LogP contribution in [0.3, 0.4) is 0 Å². The molecule has 0 aromatic carbocycles. The van der Waals surface area contributed by atoms with Crippen LogP contribution in [0.2, 0.25) is 0 Å². The standard InChI is InChI=1S/C86H169NO5/c1-3-5-7-9-11-13-15-17-19-21-22-40-43-47-50-54-58-62-66-70-74-78-84(89)83(82-88)87-85(90)79-75-71-67-63-59-55-51-48-44-41-38-36-34-32-30-28-26-24-23-25-27-29-31-33-35-37-39-42-45-49-53-57-61-65-69-73-77-81-92-86(91)80-76-72-68-64-60-56-52-46-20-18-16-14-12-10-8-6-4-2/h23,25,83-84,88-89H,3-22,24,26-82H2,1-2H3,(H,87,90)/b25-23-. The molecule has 0 saturated heterocycles. The van der Waals surface area contributed by atoms with E-state index in [0.717, 1.165) is 38.5 Å². The number of allylic oxidation sites excluding steroid dienone is 2. The van der Waals surface area contributed by atoms with E-state index >= 15 is 0 Å². The lowest BCUT2D eigenvalue weighted by Gasteiger charge is -2.22. The third-order valence-electron chi connectivity index (χ3n) is 20.6. The lowest BCUT2D eigenvalue weighted by atomic mass is 10.0. The highest BCUT2D eigenvalue weighted by Crippen LogP contribution is 2.21. The van der Waals surface area contributed by atoms with Gasteiger partial charge in [-0.15, -0.1) is 0 Å². The fourth-order valence-corrected chi connectivity index (χ4v) is 14.1. The van der Waals surface area contributed by atoms with E-state index in [-0.39, 0.29) is 18.5 Å². The molecule has 2 atom stereocenters. The van der Waals surface area contributed by atoms with Crippen LogP contribution in [-0.2, 0) is 14.3 Å². The third-order valence-corrected chi connectivity index (χ3v) is 20.6. The van der Waals surface area contributed by atoms with Gasteiger partial charge in [-0.3, -0.25) is 9.59 Å². The Bertz CT molecular complexity index is 1400. The lowest BCUT2D eigenvalue weighted by molar-refractivity contribution is -0.143. The Morgan fingerprint density at radius 3 is 0.772 bits per heavy atom. The number of unbranched alkanes of at least 4 members (excludes halogenated alkanes) is 69. The lowest BCUT2D eigenvalue weighted by Crippen LogP contribution is -2.45. The molecule has 0 aliphatic heterocycles. The number of nitrogens with one attached hydrogen (secondary N) is 1. The molecule has 0 aromatic rings. The smallest absolute Gasteiger partial charge is 0.305 e. The summed E-state index contributed by atoms with van der Waals surface area (Å²) >= 11 is 0. The summed E-state index contributed by atoms with van der Waals surface area (Å²) < 4.78 is 5.52. The maximum absolute atomic E-state index is 12.6. The molecule has 6 nitrogen and oxygen atoms in total. The highest BCUT2D eigenvalue weighted by molar-refractivity contribution is 5.76. The molecule has 2 unspecified atom stereocenters. The maximum Gasteiger partial charge on any atom is 0.305 e. The molecular formula is C86H169NO5. The molecule has 0 radical (unpaired) electrons. The number of aliphatic hydroxyl groups is 2. The number of carbonyl (C=O) groups excluding carboxylic acids is 2. The number of esters is 1. The fraction of sp³-hybridized carbons (Fsp3) is 0.953. The maximum atomic E-state index is 12.6. The predicted molar refractivity (Wildman–Crippen MR) is 407 cm³/mol. The average molecular weight is 1300 g/mol. The minimum absolute atomic E-state index is 0.0249. The van der Waals surface area contributed by atoms with Gasteiger partial charge < -0.3 is 20.3 Å². The van der Waals surface area contributed by atoms with Crippen molar-refractivity contribution in [1.82, 2.24) is 5.32 Å². The van der Waals surface area contributed by atoms with E-state index in [1.54, 1.807) is 0 Å². The first-order chi connectivity index (χ1) is 45.5. The number of hydrogen-bond acceptors (Lipinski definition) is 5. The van der Waals surface area contributed by atoms with Crippen LogP contribution < -0.4 is 5.32 Å². The predicted octanol–water partition coefficient (Wildman–Crippen LogP) is 28.6. The third kappa shape index (κ3) is 77.6. The SMILES string of the molecule is CCCCCCCCCCCCCCCCCCCCCCCC(O)C(CO)NC(=O)CCCCCCCCCCCCCCCCCCC/C=C\CCCCCCCCCCCCCCCCCCOC(=O)CCCCCCCCCCCCCCCCCCC. The quantitative estimate of drug-likeness (QED) is 0.0320. The van der Waals surface area contributed by atoms with Crippen LogP contribution in [0.1, 0.15) is 502 Å². The molecule has 0 heterocycles. The van der Waals surface area contributed by atoms with Crippen molar-refractivity contribution in [2.75, 3.05) is 13.2 Å². The summed E-state index contributed by atoms with van der Waals surface area (Å²) in [5.41, 5.74) is 0. The highest BCUT2D eigenvalue weighted by Gasteiger charge is 2.20. The first-order valence-electron chi connectivity index (χ1n) is 42.9. The molecule has 0 saturated carbocycles. The van der Waals surface area contributed by atoms with E-state index in [1.807, 2.05) is 0 Å². The Balaban J connectivity index is 3.32. The largest absolute Gasteiger partial charge is 0.466 e. The number of ether oxygens (including phenoxy) is 1. The Morgan fingerprint density at radius 2 is 0.511 bits per heavy atom. The Hall–Kier alpha value is -1.40. The number of rotatable bonds is 82. The first-order valence-corrected chi connectivity index (χ1v) is 42.9. The summed E-state index contributed by atoms with van der Waals surface area (Å²) in [4.78, 5) is 24.7. The second-order valence-corrected chi connectivity index (χ2v) is 29.9. The van der Waals surface area contributed by atoms with Crippen molar-refractivity contribution in [2.45, 2.75) is 514 Å². The van der Waals surface area contributed by atoms with E-state index < -0.39 is 12.1 Å². The van der Waals surface area contributed by atoms with Crippen LogP contribution in [-0.4, -0.2) is 47.4 Å². The zero-order valence-corrected chi connectivity index (χ0v) is 63.1. The second-order valence-electron chi connectivity index (χ2n) is 29.9. The summed E-state index contributed by atoms with van der Waals surface area (Å²) in [5.74, 6) is 0.00193. The van der Waals surface area contributed by atoms with Gasteiger partial charge in [0.1, 0.15) is 0 Å². The van der Waals surface area contributed by atoms with Crippen LogP contribution in [0, 0.1) is 0 Å². The Kier molecular flexibility index (Phi) is 80.8. The molecular weight excluding hydrogens is 1130 g/mol. The summed E-state index contributed by atoms with van der Waals surface area (Å²) in [6.45, 7) is 5.02. The topological polar surface area (TPSA) is 95.9 Å². The molecule has 1 amide bonds. The van der Waals surface area contributed by atoms with Crippen molar-refractivity contribution in [2.24, 2.45) is 0 Å². The van der Waals surface area contributed by atoms with Crippen LogP contribution in [0.25, 0.3) is 0 Å². The number of amides is 1. The van der Waals surface area contributed by atoms with Crippen LogP contribution >= 0.6 is 0 Å². The second kappa shape index (κ2) is 82.0. The number of hydrogen-bond donors (Lipinski definition) is 3. The van der Waals surface area contributed by atoms with Gasteiger partial charge in [0.2, 0.25) is 5.91 Å². The molecule has 0 bridgehead atoms. The molecule has 0 fully saturated rings. The average Bonchev–Trinajstić information content (AvgIpc) is 3.76. The highest BCUT2D eigenvalue weighted by atomic mass is 16.5. The van der Waals surface area contributed by atoms with Gasteiger partial charge in [0.05, 0.1) is 25.4 Å². The van der Waals surface area contributed by atoms with Crippen LogP contribution in [0.4, 0.5) is 0 Å².